The van der Waals surface area contributed by atoms with E-state index in [-0.39, 0.29) is 13.0 Å². The van der Waals surface area contributed by atoms with E-state index in [2.05, 4.69) is 19.1 Å². The third-order valence-corrected chi connectivity index (χ3v) is 6.57. The van der Waals surface area contributed by atoms with Crippen molar-refractivity contribution in [2.75, 3.05) is 19.8 Å². The smallest absolute Gasteiger partial charge is 0.303 e. The fourth-order valence-electron chi connectivity index (χ4n) is 4.92. The van der Waals surface area contributed by atoms with Gasteiger partial charge in [-0.1, -0.05) is 31.2 Å². The SMILES string of the molecule is CCc1ccc([C@H]2C[C@@H](OC(C)=O)C(OC(C)=O)[C@@H](COC(C)=O)O2)cc1Cc1ccc2c(c1)OCCO2. The Morgan fingerprint density at radius 1 is 0.868 bits per heavy atom. The summed E-state index contributed by atoms with van der Waals surface area (Å²) in [7, 11) is 0. The van der Waals surface area contributed by atoms with Crippen LogP contribution in [-0.2, 0) is 46.2 Å². The summed E-state index contributed by atoms with van der Waals surface area (Å²) in [5.41, 5.74) is 4.31. The Morgan fingerprint density at radius 2 is 1.61 bits per heavy atom. The van der Waals surface area contributed by atoms with Crippen LogP contribution in [0.3, 0.4) is 0 Å². The first-order chi connectivity index (χ1) is 18.2. The predicted octanol–water partition coefficient (Wildman–Crippen LogP) is 3.87. The van der Waals surface area contributed by atoms with Gasteiger partial charge in [0.05, 0.1) is 6.10 Å². The summed E-state index contributed by atoms with van der Waals surface area (Å²) in [6.07, 6.45) is -1.13. The fraction of sp³-hybridized carbons (Fsp3) is 0.483. The standard InChI is InChI=1S/C29H34O9/c1-5-21-7-8-22(14-23(21)12-20-6-9-24-26(13-20)34-11-10-33-24)25-15-27(36-18(3)31)29(37-19(4)32)28(38-25)16-35-17(2)30/h6-9,13-14,25,27-29H,5,10-12,15-16H2,1-4H3/t25-,27-,28-,29?/m1/s1. The number of rotatable bonds is 8. The summed E-state index contributed by atoms with van der Waals surface area (Å²) in [4.78, 5) is 35.2. The zero-order valence-electron chi connectivity index (χ0n) is 22.2. The molecule has 0 N–H and O–H groups in total. The van der Waals surface area contributed by atoms with E-state index in [9.17, 15) is 14.4 Å². The minimum Gasteiger partial charge on any atom is -0.486 e. The number of carbonyl (C=O) groups excluding carboxylic acids is 3. The number of fused-ring (bicyclic) bond motifs is 1. The maximum Gasteiger partial charge on any atom is 0.303 e. The molecule has 0 aromatic heterocycles. The summed E-state index contributed by atoms with van der Waals surface area (Å²) in [6, 6.07) is 12.1. The van der Waals surface area contributed by atoms with E-state index < -0.39 is 42.3 Å². The molecule has 0 radical (unpaired) electrons. The highest BCUT2D eigenvalue weighted by atomic mass is 16.6. The average molecular weight is 527 g/mol. The van der Waals surface area contributed by atoms with E-state index in [1.54, 1.807) is 0 Å². The molecule has 4 atom stereocenters. The summed E-state index contributed by atoms with van der Waals surface area (Å²) >= 11 is 0. The van der Waals surface area contributed by atoms with Gasteiger partial charge >= 0.3 is 17.9 Å². The van der Waals surface area contributed by atoms with Crippen LogP contribution in [0.15, 0.2) is 36.4 Å². The maximum atomic E-state index is 11.9. The zero-order chi connectivity index (χ0) is 27.2. The van der Waals surface area contributed by atoms with Crippen LogP contribution in [0.1, 0.15) is 62.5 Å². The number of hydrogen-bond acceptors (Lipinski definition) is 9. The molecular weight excluding hydrogens is 492 g/mol. The maximum absolute atomic E-state index is 11.9. The number of benzene rings is 2. The Bertz CT molecular complexity index is 1170. The number of hydrogen-bond donors (Lipinski definition) is 0. The van der Waals surface area contributed by atoms with E-state index in [1.165, 1.54) is 26.3 Å². The van der Waals surface area contributed by atoms with E-state index in [0.717, 1.165) is 34.6 Å². The van der Waals surface area contributed by atoms with Crippen LogP contribution >= 0.6 is 0 Å². The lowest BCUT2D eigenvalue weighted by Crippen LogP contribution is -2.51. The second kappa shape index (κ2) is 12.3. The first-order valence-electron chi connectivity index (χ1n) is 12.9. The molecule has 1 saturated heterocycles. The summed E-state index contributed by atoms with van der Waals surface area (Å²) in [6.45, 7) is 6.90. The molecule has 2 aromatic rings. The van der Waals surface area contributed by atoms with Crippen LogP contribution < -0.4 is 9.47 Å². The van der Waals surface area contributed by atoms with Gasteiger partial charge in [-0.05, 0) is 47.2 Å². The Morgan fingerprint density at radius 3 is 2.29 bits per heavy atom. The van der Waals surface area contributed by atoms with E-state index in [4.69, 9.17) is 28.4 Å². The molecular formula is C29H34O9. The molecule has 0 spiro atoms. The van der Waals surface area contributed by atoms with Crippen LogP contribution in [0.2, 0.25) is 0 Å². The van der Waals surface area contributed by atoms with Crippen molar-refractivity contribution in [2.45, 2.75) is 71.4 Å². The largest absolute Gasteiger partial charge is 0.486 e. The Labute approximate surface area is 222 Å². The van der Waals surface area contributed by atoms with Crippen molar-refractivity contribution in [1.29, 1.82) is 0 Å². The van der Waals surface area contributed by atoms with Gasteiger partial charge in [-0.2, -0.15) is 0 Å². The highest BCUT2D eigenvalue weighted by molar-refractivity contribution is 5.67. The minimum atomic E-state index is -0.904. The van der Waals surface area contributed by atoms with Gasteiger partial charge in [-0.25, -0.2) is 0 Å². The van der Waals surface area contributed by atoms with E-state index >= 15 is 0 Å². The van der Waals surface area contributed by atoms with E-state index in [1.807, 2.05) is 24.3 Å². The number of aryl methyl sites for hydroxylation is 1. The Balaban J connectivity index is 1.62. The minimum absolute atomic E-state index is 0.140. The molecule has 1 unspecified atom stereocenters. The highest BCUT2D eigenvalue weighted by Crippen LogP contribution is 2.37. The van der Waals surface area contributed by atoms with E-state index in [0.29, 0.717) is 19.6 Å². The molecule has 0 saturated carbocycles. The first-order valence-corrected chi connectivity index (χ1v) is 12.9. The summed E-state index contributed by atoms with van der Waals surface area (Å²) in [5.74, 6) is -0.0450. The van der Waals surface area contributed by atoms with Gasteiger partial charge in [-0.3, -0.25) is 14.4 Å². The molecule has 0 bridgehead atoms. The lowest BCUT2D eigenvalue weighted by molar-refractivity contribution is -0.216. The molecule has 0 aliphatic carbocycles. The van der Waals surface area contributed by atoms with Crippen LogP contribution in [-0.4, -0.2) is 56.0 Å². The van der Waals surface area contributed by atoms with Crippen molar-refractivity contribution in [1.82, 2.24) is 0 Å². The third-order valence-electron chi connectivity index (χ3n) is 6.57. The molecule has 2 aromatic carbocycles. The van der Waals surface area contributed by atoms with Crippen molar-refractivity contribution in [3.8, 4) is 11.5 Å². The van der Waals surface area contributed by atoms with Gasteiger partial charge in [-0.15, -0.1) is 0 Å². The van der Waals surface area contributed by atoms with Crippen molar-refractivity contribution < 1.29 is 42.8 Å². The predicted molar refractivity (Wildman–Crippen MR) is 136 cm³/mol. The van der Waals surface area contributed by atoms with Crippen LogP contribution in [0.4, 0.5) is 0 Å². The fourth-order valence-corrected chi connectivity index (χ4v) is 4.92. The average Bonchev–Trinajstić information content (AvgIpc) is 2.88. The third kappa shape index (κ3) is 6.83. The Hall–Kier alpha value is -3.59. The molecule has 9 heteroatoms. The Kier molecular flexibility index (Phi) is 8.89. The quantitative estimate of drug-likeness (QED) is 0.374. The molecule has 2 aliphatic heterocycles. The van der Waals surface area contributed by atoms with Gasteiger partial charge in [0.15, 0.2) is 17.6 Å². The van der Waals surface area contributed by atoms with Crippen LogP contribution in [0.25, 0.3) is 0 Å². The summed E-state index contributed by atoms with van der Waals surface area (Å²) in [5, 5.41) is 0. The van der Waals surface area contributed by atoms with Gasteiger partial charge in [0.25, 0.3) is 0 Å². The molecule has 204 valence electrons. The topological polar surface area (TPSA) is 107 Å². The molecule has 38 heavy (non-hydrogen) atoms. The second-order valence-corrected chi connectivity index (χ2v) is 9.46. The van der Waals surface area contributed by atoms with Crippen LogP contribution in [0, 0.1) is 0 Å². The van der Waals surface area contributed by atoms with Crippen molar-refractivity contribution >= 4 is 17.9 Å². The molecule has 4 rings (SSSR count). The van der Waals surface area contributed by atoms with Gasteiger partial charge in [0, 0.05) is 27.2 Å². The molecule has 0 amide bonds. The molecule has 9 nitrogen and oxygen atoms in total. The van der Waals surface area contributed by atoms with Gasteiger partial charge in [0.1, 0.15) is 32.0 Å². The van der Waals surface area contributed by atoms with Crippen molar-refractivity contribution in [2.24, 2.45) is 0 Å². The highest BCUT2D eigenvalue weighted by Gasteiger charge is 2.44. The zero-order valence-corrected chi connectivity index (χ0v) is 22.2. The summed E-state index contributed by atoms with van der Waals surface area (Å²) < 4.78 is 33.9. The normalized spacial score (nSPS) is 22.3. The first kappa shape index (κ1) is 27.4. The molecule has 2 heterocycles. The lowest BCUT2D eigenvalue weighted by Gasteiger charge is -2.40. The van der Waals surface area contributed by atoms with Crippen molar-refractivity contribution in [3.05, 3.63) is 58.7 Å². The number of carbonyl (C=O) groups is 3. The van der Waals surface area contributed by atoms with Gasteiger partial charge < -0.3 is 28.4 Å². The van der Waals surface area contributed by atoms with Gasteiger partial charge in [0.2, 0.25) is 0 Å². The molecule has 1 fully saturated rings. The lowest BCUT2D eigenvalue weighted by atomic mass is 9.90. The second-order valence-electron chi connectivity index (χ2n) is 9.46. The van der Waals surface area contributed by atoms with Crippen LogP contribution in [0.5, 0.6) is 11.5 Å². The monoisotopic (exact) mass is 526 g/mol. The number of ether oxygens (including phenoxy) is 6. The molecule has 2 aliphatic rings. The number of esters is 3. The van der Waals surface area contributed by atoms with Crippen molar-refractivity contribution in [3.63, 3.8) is 0 Å².